The highest BCUT2D eigenvalue weighted by molar-refractivity contribution is 5.94. The van der Waals surface area contributed by atoms with Crippen molar-refractivity contribution >= 4 is 23.6 Å². The molecule has 9 heteroatoms. The van der Waals surface area contributed by atoms with Gasteiger partial charge in [-0.3, -0.25) is 4.79 Å². The van der Waals surface area contributed by atoms with E-state index in [9.17, 15) is 18.4 Å². The molecular weight excluding hydrogens is 388 g/mol. The summed E-state index contributed by atoms with van der Waals surface area (Å²) in [6.07, 6.45) is 2.54. The number of halogens is 2. The second kappa shape index (κ2) is 10.1. The Morgan fingerprint density at radius 2 is 1.52 bits per heavy atom. The first kappa shape index (κ1) is 21.7. The van der Waals surface area contributed by atoms with Gasteiger partial charge in [0.05, 0.1) is 21.3 Å². The van der Waals surface area contributed by atoms with E-state index in [1.54, 1.807) is 12.1 Å². The van der Waals surface area contributed by atoms with Crippen LogP contribution in [-0.4, -0.2) is 39.8 Å². The van der Waals surface area contributed by atoms with Crippen LogP contribution in [0, 0.1) is 11.6 Å². The minimum atomic E-state index is -0.842. The third-order valence-electron chi connectivity index (χ3n) is 3.59. The van der Waals surface area contributed by atoms with Crippen molar-refractivity contribution in [3.05, 3.63) is 53.6 Å². The van der Waals surface area contributed by atoms with Crippen LogP contribution in [-0.2, 0) is 14.3 Å². The second-order valence-electron chi connectivity index (χ2n) is 5.61. The molecule has 0 spiro atoms. The Labute approximate surface area is 165 Å². The number of carbonyl (C=O) groups excluding carboxylic acids is 2. The van der Waals surface area contributed by atoms with Crippen LogP contribution in [0.5, 0.6) is 17.2 Å². The van der Waals surface area contributed by atoms with Crippen LogP contribution in [0.4, 0.5) is 14.5 Å². The number of nitrogens with one attached hydrogen (secondary N) is 1. The van der Waals surface area contributed by atoms with Crippen molar-refractivity contribution in [2.24, 2.45) is 0 Å². The Morgan fingerprint density at radius 1 is 0.931 bits per heavy atom. The van der Waals surface area contributed by atoms with Gasteiger partial charge in [0.25, 0.3) is 5.91 Å². The highest BCUT2D eigenvalue weighted by Gasteiger charge is 2.12. The molecule has 0 aromatic heterocycles. The van der Waals surface area contributed by atoms with Gasteiger partial charge in [0, 0.05) is 17.8 Å². The lowest BCUT2D eigenvalue weighted by molar-refractivity contribution is -0.142. The van der Waals surface area contributed by atoms with Crippen molar-refractivity contribution in [1.82, 2.24) is 0 Å². The molecule has 2 aromatic carbocycles. The number of anilines is 1. The molecule has 0 aliphatic carbocycles. The molecule has 0 heterocycles. The lowest BCUT2D eigenvalue weighted by atomic mass is 10.1. The Balaban J connectivity index is 1.96. The number of esters is 1. The molecule has 0 radical (unpaired) electrons. The molecule has 0 saturated heterocycles. The first-order valence-electron chi connectivity index (χ1n) is 8.27. The molecule has 29 heavy (non-hydrogen) atoms. The van der Waals surface area contributed by atoms with Crippen LogP contribution >= 0.6 is 0 Å². The van der Waals surface area contributed by atoms with E-state index in [2.05, 4.69) is 5.32 Å². The van der Waals surface area contributed by atoms with E-state index < -0.39 is 30.1 Å². The van der Waals surface area contributed by atoms with Crippen LogP contribution in [0.25, 0.3) is 6.08 Å². The first-order chi connectivity index (χ1) is 13.9. The zero-order valence-electron chi connectivity index (χ0n) is 16.0. The predicted octanol–water partition coefficient (Wildman–Crippen LogP) is 3.19. The van der Waals surface area contributed by atoms with E-state index >= 15 is 0 Å². The lowest BCUT2D eigenvalue weighted by Gasteiger charge is -2.12. The predicted molar refractivity (Wildman–Crippen MR) is 101 cm³/mol. The molecule has 1 amide bonds. The molecule has 2 aromatic rings. The number of carbonyl (C=O) groups is 2. The summed E-state index contributed by atoms with van der Waals surface area (Å²) in [6, 6.07) is 5.79. The van der Waals surface area contributed by atoms with Crippen LogP contribution in [0.1, 0.15) is 5.56 Å². The number of hydrogen-bond acceptors (Lipinski definition) is 6. The van der Waals surface area contributed by atoms with Gasteiger partial charge in [-0.1, -0.05) is 0 Å². The molecule has 0 bridgehead atoms. The summed E-state index contributed by atoms with van der Waals surface area (Å²) in [4.78, 5) is 23.6. The van der Waals surface area contributed by atoms with Crippen molar-refractivity contribution in [2.75, 3.05) is 33.3 Å². The van der Waals surface area contributed by atoms with Crippen molar-refractivity contribution < 1.29 is 37.3 Å². The third kappa shape index (κ3) is 6.20. The number of benzene rings is 2. The van der Waals surface area contributed by atoms with Crippen LogP contribution < -0.4 is 19.5 Å². The lowest BCUT2D eigenvalue weighted by Crippen LogP contribution is -2.20. The maximum atomic E-state index is 13.1. The summed E-state index contributed by atoms with van der Waals surface area (Å²) in [5.41, 5.74) is 0.479. The fraction of sp³-hybridized carbons (Fsp3) is 0.200. The van der Waals surface area contributed by atoms with Crippen molar-refractivity contribution in [1.29, 1.82) is 0 Å². The Bertz CT molecular complexity index is 884. The molecule has 0 atom stereocenters. The minimum absolute atomic E-state index is 0.0866. The quantitative estimate of drug-likeness (QED) is 0.535. The zero-order chi connectivity index (χ0) is 21.4. The molecule has 0 fully saturated rings. The number of ether oxygens (including phenoxy) is 4. The van der Waals surface area contributed by atoms with Crippen molar-refractivity contribution in [3.8, 4) is 17.2 Å². The number of hydrogen-bond donors (Lipinski definition) is 1. The molecular formula is C20H19F2NO6. The average Bonchev–Trinajstić information content (AvgIpc) is 2.68. The molecule has 1 N–H and O–H groups in total. The Kier molecular flexibility index (Phi) is 7.53. The normalized spacial score (nSPS) is 10.5. The molecule has 0 unspecified atom stereocenters. The third-order valence-corrected chi connectivity index (χ3v) is 3.59. The number of amides is 1. The SMILES string of the molecule is COc1cc(/C=C/C(=O)OCC(=O)Nc2cc(F)cc(F)c2)cc(OC)c1OC. The summed E-state index contributed by atoms with van der Waals surface area (Å²) in [6.45, 7) is -0.628. The van der Waals surface area contributed by atoms with Crippen LogP contribution in [0.15, 0.2) is 36.4 Å². The summed E-state index contributed by atoms with van der Waals surface area (Å²) < 4.78 is 46.6. The van der Waals surface area contributed by atoms with E-state index in [0.717, 1.165) is 18.2 Å². The van der Waals surface area contributed by atoms with E-state index in [0.29, 0.717) is 28.9 Å². The van der Waals surface area contributed by atoms with Gasteiger partial charge in [0.2, 0.25) is 5.75 Å². The summed E-state index contributed by atoms with van der Waals surface area (Å²) in [5.74, 6) is -2.01. The maximum Gasteiger partial charge on any atom is 0.331 e. The summed E-state index contributed by atoms with van der Waals surface area (Å²) >= 11 is 0. The zero-order valence-corrected chi connectivity index (χ0v) is 16.0. The van der Waals surface area contributed by atoms with Crippen LogP contribution in [0.2, 0.25) is 0 Å². The summed E-state index contributed by atoms with van der Waals surface area (Å²) in [5, 5.41) is 2.23. The fourth-order valence-corrected chi connectivity index (χ4v) is 2.37. The molecule has 154 valence electrons. The first-order valence-corrected chi connectivity index (χ1v) is 8.27. The fourth-order valence-electron chi connectivity index (χ4n) is 2.37. The Morgan fingerprint density at radius 3 is 2.03 bits per heavy atom. The maximum absolute atomic E-state index is 13.1. The van der Waals surface area contributed by atoms with Gasteiger partial charge in [-0.2, -0.15) is 0 Å². The Hall–Kier alpha value is -3.62. The van der Waals surface area contributed by atoms with Gasteiger partial charge >= 0.3 is 5.97 Å². The number of rotatable bonds is 8. The van der Waals surface area contributed by atoms with Gasteiger partial charge in [-0.15, -0.1) is 0 Å². The molecule has 2 rings (SSSR count). The van der Waals surface area contributed by atoms with Crippen molar-refractivity contribution in [3.63, 3.8) is 0 Å². The van der Waals surface area contributed by atoms with Crippen LogP contribution in [0.3, 0.4) is 0 Å². The largest absolute Gasteiger partial charge is 0.493 e. The molecule has 0 aliphatic heterocycles. The topological polar surface area (TPSA) is 83.1 Å². The smallest absolute Gasteiger partial charge is 0.331 e. The van der Waals surface area contributed by atoms with Gasteiger partial charge in [0.15, 0.2) is 18.1 Å². The van der Waals surface area contributed by atoms with E-state index in [1.165, 1.54) is 27.4 Å². The average molecular weight is 407 g/mol. The van der Waals surface area contributed by atoms with E-state index in [-0.39, 0.29) is 5.69 Å². The van der Waals surface area contributed by atoms with Gasteiger partial charge in [0.1, 0.15) is 11.6 Å². The standard InChI is InChI=1S/C20H19F2NO6/c1-26-16-6-12(7-17(27-2)20(16)28-3)4-5-19(25)29-11-18(24)23-15-9-13(21)8-14(22)10-15/h4-10H,11H2,1-3H3,(H,23,24)/b5-4+. The highest BCUT2D eigenvalue weighted by Crippen LogP contribution is 2.38. The number of methoxy groups -OCH3 is 3. The molecule has 7 nitrogen and oxygen atoms in total. The van der Waals surface area contributed by atoms with Gasteiger partial charge in [-0.25, -0.2) is 13.6 Å². The van der Waals surface area contributed by atoms with Gasteiger partial charge < -0.3 is 24.3 Å². The minimum Gasteiger partial charge on any atom is -0.493 e. The van der Waals surface area contributed by atoms with E-state index in [4.69, 9.17) is 18.9 Å². The monoisotopic (exact) mass is 407 g/mol. The van der Waals surface area contributed by atoms with E-state index in [1.807, 2.05) is 0 Å². The van der Waals surface area contributed by atoms with Crippen molar-refractivity contribution in [2.45, 2.75) is 0 Å². The van der Waals surface area contributed by atoms with Gasteiger partial charge in [-0.05, 0) is 35.9 Å². The summed E-state index contributed by atoms with van der Waals surface area (Å²) in [7, 11) is 4.39. The molecule has 0 aliphatic rings. The molecule has 0 saturated carbocycles. The second-order valence-corrected chi connectivity index (χ2v) is 5.61. The highest BCUT2D eigenvalue weighted by atomic mass is 19.1.